The molecule has 140 valence electrons. The lowest BCUT2D eigenvalue weighted by Gasteiger charge is -2.13. The lowest BCUT2D eigenvalue weighted by atomic mass is 10.0. The van der Waals surface area contributed by atoms with Crippen LogP contribution in [0.5, 0.6) is 0 Å². The third kappa shape index (κ3) is 5.28. The second-order valence-electron chi connectivity index (χ2n) is 6.33. The number of rotatable bonds is 7. The Morgan fingerprint density at radius 3 is 2.30 bits per heavy atom. The Hall–Kier alpha value is -2.44. The smallest absolute Gasteiger partial charge is 0.201 e. The maximum absolute atomic E-state index is 12.5. The average molecular weight is 402 g/mol. The van der Waals surface area contributed by atoms with Gasteiger partial charge in [0.25, 0.3) is 0 Å². The summed E-state index contributed by atoms with van der Waals surface area (Å²) < 4.78 is 25.0. The van der Waals surface area contributed by atoms with Crippen molar-refractivity contribution in [1.82, 2.24) is 10.2 Å². The van der Waals surface area contributed by atoms with Crippen molar-refractivity contribution in [1.29, 1.82) is 0 Å². The molecule has 3 rings (SSSR count). The number of benzene rings is 2. The molecule has 0 aliphatic heterocycles. The summed E-state index contributed by atoms with van der Waals surface area (Å²) >= 11 is 5.83. The van der Waals surface area contributed by atoms with Crippen LogP contribution in [0.15, 0.2) is 71.8 Å². The Bertz CT molecular complexity index is 976. The first-order valence-corrected chi connectivity index (χ1v) is 10.6. The van der Waals surface area contributed by atoms with Crippen molar-refractivity contribution in [2.45, 2.75) is 23.6 Å². The summed E-state index contributed by atoms with van der Waals surface area (Å²) in [6, 6.07) is 20.0. The normalized spacial score (nSPS) is 12.5. The lowest BCUT2D eigenvalue weighted by Crippen LogP contribution is -2.13. The predicted octanol–water partition coefficient (Wildman–Crippen LogP) is 4.32. The van der Waals surface area contributed by atoms with E-state index in [1.54, 1.807) is 30.3 Å². The van der Waals surface area contributed by atoms with Gasteiger partial charge in [0, 0.05) is 11.6 Å². The zero-order chi connectivity index (χ0) is 19.3. The largest absolute Gasteiger partial charge is 0.368 e. The summed E-state index contributed by atoms with van der Waals surface area (Å²) in [6.07, 6.45) is 0. The fourth-order valence-electron chi connectivity index (χ4n) is 2.61. The van der Waals surface area contributed by atoms with Crippen LogP contribution in [0.1, 0.15) is 24.0 Å². The van der Waals surface area contributed by atoms with Crippen molar-refractivity contribution < 1.29 is 8.42 Å². The maximum atomic E-state index is 12.5. The Labute approximate surface area is 164 Å². The first-order valence-electron chi connectivity index (χ1n) is 8.54. The van der Waals surface area contributed by atoms with E-state index in [0.717, 1.165) is 0 Å². The van der Waals surface area contributed by atoms with Crippen LogP contribution in [0.25, 0.3) is 0 Å². The molecule has 0 spiro atoms. The third-order valence-electron chi connectivity index (χ3n) is 4.19. The molecule has 1 heterocycles. The van der Waals surface area contributed by atoms with Crippen LogP contribution in [0.3, 0.4) is 0 Å². The Balaban J connectivity index is 1.63. The van der Waals surface area contributed by atoms with Gasteiger partial charge in [0.1, 0.15) is 5.82 Å². The van der Waals surface area contributed by atoms with E-state index in [4.69, 9.17) is 11.6 Å². The molecule has 1 N–H and O–H groups in total. The maximum Gasteiger partial charge on any atom is 0.201 e. The van der Waals surface area contributed by atoms with E-state index in [0.29, 0.717) is 28.9 Å². The Morgan fingerprint density at radius 2 is 1.67 bits per heavy atom. The van der Waals surface area contributed by atoms with Gasteiger partial charge >= 0.3 is 0 Å². The summed E-state index contributed by atoms with van der Waals surface area (Å²) in [5, 5.41) is 11.6. The summed E-state index contributed by atoms with van der Waals surface area (Å²) in [7, 11) is -3.56. The van der Waals surface area contributed by atoms with Crippen LogP contribution >= 0.6 is 11.6 Å². The molecule has 0 fully saturated rings. The molecule has 5 nitrogen and oxygen atoms in total. The standard InChI is InChI=1S/C20H20ClN3O2S/c1-15(17-5-3-2-4-6-17)13-22-19-11-12-20(24-23-19)27(25,26)14-16-7-9-18(21)10-8-16/h2-12,15H,13-14H2,1H3,(H,22,23)/t15-/m1/s1. The second kappa shape index (κ2) is 8.50. The molecule has 7 heteroatoms. The molecular formula is C20H20ClN3O2S. The zero-order valence-corrected chi connectivity index (χ0v) is 16.4. The Kier molecular flexibility index (Phi) is 6.08. The van der Waals surface area contributed by atoms with E-state index in [2.05, 4.69) is 34.6 Å². The van der Waals surface area contributed by atoms with Gasteiger partial charge in [-0.3, -0.25) is 0 Å². The van der Waals surface area contributed by atoms with Gasteiger partial charge in [-0.05, 0) is 41.3 Å². The van der Waals surface area contributed by atoms with Gasteiger partial charge in [0.05, 0.1) is 5.75 Å². The molecule has 0 saturated carbocycles. The quantitative estimate of drug-likeness (QED) is 0.638. The fourth-order valence-corrected chi connectivity index (χ4v) is 3.96. The van der Waals surface area contributed by atoms with Gasteiger partial charge in [-0.2, -0.15) is 0 Å². The van der Waals surface area contributed by atoms with Gasteiger partial charge in [-0.15, -0.1) is 10.2 Å². The van der Waals surface area contributed by atoms with Gasteiger partial charge in [-0.25, -0.2) is 8.42 Å². The minimum absolute atomic E-state index is 0.0425. The molecule has 0 radical (unpaired) electrons. The summed E-state index contributed by atoms with van der Waals surface area (Å²) in [4.78, 5) is 0. The van der Waals surface area contributed by atoms with Crippen molar-refractivity contribution in [3.05, 3.63) is 82.9 Å². The molecule has 2 aromatic carbocycles. The number of nitrogens with one attached hydrogen (secondary N) is 1. The highest BCUT2D eigenvalue weighted by molar-refractivity contribution is 7.90. The van der Waals surface area contributed by atoms with E-state index in [9.17, 15) is 8.42 Å². The molecule has 0 aliphatic carbocycles. The highest BCUT2D eigenvalue weighted by atomic mass is 35.5. The molecule has 0 aliphatic rings. The van der Waals surface area contributed by atoms with Crippen molar-refractivity contribution in [2.24, 2.45) is 0 Å². The fraction of sp³-hybridized carbons (Fsp3) is 0.200. The lowest BCUT2D eigenvalue weighted by molar-refractivity contribution is 0.589. The van der Waals surface area contributed by atoms with E-state index in [1.165, 1.54) is 11.6 Å². The van der Waals surface area contributed by atoms with E-state index in [1.807, 2.05) is 18.2 Å². The molecule has 3 aromatic rings. The number of sulfone groups is 1. The van der Waals surface area contributed by atoms with Crippen molar-refractivity contribution in [2.75, 3.05) is 11.9 Å². The molecule has 27 heavy (non-hydrogen) atoms. The van der Waals surface area contributed by atoms with Crippen molar-refractivity contribution >= 4 is 27.3 Å². The second-order valence-corrected chi connectivity index (χ2v) is 8.71. The molecule has 1 aromatic heterocycles. The van der Waals surface area contributed by atoms with Gasteiger partial charge in [0.15, 0.2) is 5.03 Å². The monoisotopic (exact) mass is 401 g/mol. The van der Waals surface area contributed by atoms with Crippen molar-refractivity contribution in [3.63, 3.8) is 0 Å². The van der Waals surface area contributed by atoms with Crippen LogP contribution in [0.2, 0.25) is 5.02 Å². The SMILES string of the molecule is C[C@H](CNc1ccc(S(=O)(=O)Cc2ccc(Cl)cc2)nn1)c1ccccc1. The van der Waals surface area contributed by atoms with E-state index in [-0.39, 0.29) is 10.8 Å². The number of anilines is 1. The average Bonchev–Trinajstić information content (AvgIpc) is 2.69. The molecule has 0 bridgehead atoms. The molecular weight excluding hydrogens is 382 g/mol. The Morgan fingerprint density at radius 1 is 0.963 bits per heavy atom. The minimum Gasteiger partial charge on any atom is -0.368 e. The topological polar surface area (TPSA) is 72.0 Å². The first-order chi connectivity index (χ1) is 12.9. The van der Waals surface area contributed by atoms with Crippen LogP contribution in [-0.2, 0) is 15.6 Å². The first kappa shape index (κ1) is 19.3. The number of hydrogen-bond acceptors (Lipinski definition) is 5. The number of hydrogen-bond donors (Lipinski definition) is 1. The molecule has 0 unspecified atom stereocenters. The van der Waals surface area contributed by atoms with E-state index < -0.39 is 9.84 Å². The third-order valence-corrected chi connectivity index (χ3v) is 6.01. The highest BCUT2D eigenvalue weighted by Crippen LogP contribution is 2.18. The predicted molar refractivity (Wildman–Crippen MR) is 108 cm³/mol. The van der Waals surface area contributed by atoms with Crippen molar-refractivity contribution in [3.8, 4) is 0 Å². The van der Waals surface area contributed by atoms with Crippen LogP contribution < -0.4 is 5.32 Å². The van der Waals surface area contributed by atoms with Crippen LogP contribution in [-0.4, -0.2) is 25.2 Å². The molecule has 0 amide bonds. The van der Waals surface area contributed by atoms with Gasteiger partial charge < -0.3 is 5.32 Å². The highest BCUT2D eigenvalue weighted by Gasteiger charge is 2.18. The van der Waals surface area contributed by atoms with Crippen LogP contribution in [0, 0.1) is 0 Å². The number of nitrogens with zero attached hydrogens (tertiary/aromatic N) is 2. The molecule has 0 saturated heterocycles. The zero-order valence-electron chi connectivity index (χ0n) is 14.8. The number of halogens is 1. The van der Waals surface area contributed by atoms with E-state index >= 15 is 0 Å². The minimum atomic E-state index is -3.56. The van der Waals surface area contributed by atoms with Gasteiger partial charge in [0.2, 0.25) is 9.84 Å². The summed E-state index contributed by atoms with van der Waals surface area (Å²) in [5.41, 5.74) is 1.88. The van der Waals surface area contributed by atoms with Crippen LogP contribution in [0.4, 0.5) is 5.82 Å². The van der Waals surface area contributed by atoms with Gasteiger partial charge in [-0.1, -0.05) is 61.0 Å². The molecule has 1 atom stereocenters. The number of aromatic nitrogens is 2. The summed E-state index contributed by atoms with van der Waals surface area (Å²) in [5.74, 6) is 0.695. The summed E-state index contributed by atoms with van der Waals surface area (Å²) in [6.45, 7) is 2.79.